The van der Waals surface area contributed by atoms with E-state index in [9.17, 15) is 0 Å². The van der Waals surface area contributed by atoms with Crippen molar-refractivity contribution in [2.75, 3.05) is 13.7 Å². The van der Waals surface area contributed by atoms with Gasteiger partial charge in [-0.15, -0.1) is 0 Å². The van der Waals surface area contributed by atoms with Crippen molar-refractivity contribution in [1.29, 1.82) is 0 Å². The minimum atomic E-state index is -0.151. The summed E-state index contributed by atoms with van der Waals surface area (Å²) in [6.07, 6.45) is 2.82. The van der Waals surface area contributed by atoms with Crippen LogP contribution in [0.4, 0.5) is 0 Å². The zero-order valence-electron chi connectivity index (χ0n) is 12.8. The van der Waals surface area contributed by atoms with Crippen molar-refractivity contribution in [3.63, 3.8) is 0 Å². The van der Waals surface area contributed by atoms with Gasteiger partial charge in [-0.2, -0.15) is 0 Å². The summed E-state index contributed by atoms with van der Waals surface area (Å²) in [5, 5.41) is 4.76. The Kier molecular flexibility index (Phi) is 7.32. The maximum absolute atomic E-state index is 6.11. The van der Waals surface area contributed by atoms with E-state index < -0.39 is 0 Å². The second-order valence-corrected chi connectivity index (χ2v) is 5.85. The van der Waals surface area contributed by atoms with Crippen LogP contribution in [0.2, 0.25) is 10.0 Å². The monoisotopic (exact) mass is 317 g/mol. The lowest BCUT2D eigenvalue weighted by Crippen LogP contribution is -2.52. The van der Waals surface area contributed by atoms with E-state index in [0.29, 0.717) is 10.0 Å². The molecule has 1 aromatic rings. The van der Waals surface area contributed by atoms with Crippen LogP contribution in [0.5, 0.6) is 0 Å². The molecule has 0 amide bonds. The quantitative estimate of drug-likeness (QED) is 0.749. The fraction of sp³-hybridized carbons (Fsp3) is 0.625. The Hall–Kier alpha value is -0.280. The first-order chi connectivity index (χ1) is 9.52. The predicted molar refractivity (Wildman–Crippen MR) is 88.0 cm³/mol. The highest BCUT2D eigenvalue weighted by Gasteiger charge is 2.35. The molecule has 0 aliphatic carbocycles. The molecule has 114 valence electrons. The molecule has 0 aliphatic rings. The second kappa shape index (κ2) is 8.23. The van der Waals surface area contributed by atoms with E-state index in [-0.39, 0.29) is 11.6 Å². The van der Waals surface area contributed by atoms with Crippen molar-refractivity contribution in [3.05, 3.63) is 33.8 Å². The molecule has 1 unspecified atom stereocenters. The van der Waals surface area contributed by atoms with Crippen molar-refractivity contribution >= 4 is 23.2 Å². The lowest BCUT2D eigenvalue weighted by atomic mass is 9.84. The highest BCUT2D eigenvalue weighted by atomic mass is 35.5. The summed E-state index contributed by atoms with van der Waals surface area (Å²) in [7, 11) is 1.80. The highest BCUT2D eigenvalue weighted by Crippen LogP contribution is 2.29. The van der Waals surface area contributed by atoms with Crippen LogP contribution >= 0.6 is 23.2 Å². The Balaban J connectivity index is 2.98. The molecule has 4 heteroatoms. The third-order valence-electron chi connectivity index (χ3n) is 4.11. The number of hydrogen-bond donors (Lipinski definition) is 1. The van der Waals surface area contributed by atoms with E-state index >= 15 is 0 Å². The summed E-state index contributed by atoms with van der Waals surface area (Å²) < 4.78 is 5.86. The number of hydrogen-bond acceptors (Lipinski definition) is 2. The van der Waals surface area contributed by atoms with E-state index in [1.165, 1.54) is 5.56 Å². The van der Waals surface area contributed by atoms with Crippen LogP contribution in [-0.4, -0.2) is 25.3 Å². The van der Waals surface area contributed by atoms with Gasteiger partial charge in [-0.25, -0.2) is 0 Å². The van der Waals surface area contributed by atoms with Crippen LogP contribution in [-0.2, 0) is 11.2 Å². The minimum absolute atomic E-state index is 0.151. The first-order valence-corrected chi connectivity index (χ1v) is 8.01. The van der Waals surface area contributed by atoms with Gasteiger partial charge in [0.2, 0.25) is 0 Å². The van der Waals surface area contributed by atoms with E-state index in [2.05, 4.69) is 26.1 Å². The Morgan fingerprint density at radius 2 is 1.80 bits per heavy atom. The topological polar surface area (TPSA) is 21.3 Å². The van der Waals surface area contributed by atoms with Crippen molar-refractivity contribution in [3.8, 4) is 0 Å². The Morgan fingerprint density at radius 1 is 1.15 bits per heavy atom. The maximum Gasteiger partial charge on any atom is 0.0828 e. The van der Waals surface area contributed by atoms with Gasteiger partial charge in [-0.05, 0) is 43.5 Å². The number of benzene rings is 1. The number of rotatable bonds is 8. The van der Waals surface area contributed by atoms with Crippen LogP contribution in [0.15, 0.2) is 18.2 Å². The van der Waals surface area contributed by atoms with Gasteiger partial charge < -0.3 is 10.1 Å². The molecule has 1 aromatic carbocycles. The molecule has 0 spiro atoms. The molecule has 0 aromatic heterocycles. The normalized spacial score (nSPS) is 13.5. The first-order valence-electron chi connectivity index (χ1n) is 7.25. The van der Waals surface area contributed by atoms with Gasteiger partial charge in [-0.3, -0.25) is 0 Å². The number of methoxy groups -OCH3 is 1. The Morgan fingerprint density at radius 3 is 2.25 bits per heavy atom. The van der Waals surface area contributed by atoms with Gasteiger partial charge in [0.05, 0.1) is 15.6 Å². The van der Waals surface area contributed by atoms with E-state index in [0.717, 1.165) is 25.8 Å². The van der Waals surface area contributed by atoms with Crippen molar-refractivity contribution in [2.24, 2.45) is 0 Å². The fourth-order valence-electron chi connectivity index (χ4n) is 2.77. The number of nitrogens with one attached hydrogen (secondary N) is 1. The summed E-state index contributed by atoms with van der Waals surface area (Å²) in [5.41, 5.74) is 1.02. The number of likely N-dealkylation sites (N-methyl/N-ethyl adjacent to an activating group) is 1. The predicted octanol–water partition coefficient (Wildman–Crippen LogP) is 4.72. The standard InChI is InChI=1S/C16H25Cl2NO/c1-5-16(6-2,20-4)15(19-7-3)11-12-8-9-13(17)14(18)10-12/h8-10,15,19H,5-7,11H2,1-4H3. The van der Waals surface area contributed by atoms with Crippen LogP contribution in [0.3, 0.4) is 0 Å². The van der Waals surface area contributed by atoms with Crippen LogP contribution in [0, 0.1) is 0 Å². The van der Waals surface area contributed by atoms with Crippen molar-refractivity contribution < 1.29 is 4.74 Å². The summed E-state index contributed by atoms with van der Waals surface area (Å²) in [6, 6.07) is 6.09. The summed E-state index contributed by atoms with van der Waals surface area (Å²) in [6.45, 7) is 7.38. The molecular formula is C16H25Cl2NO. The Bertz CT molecular complexity index is 411. The maximum atomic E-state index is 6.11. The molecule has 0 saturated carbocycles. The van der Waals surface area contributed by atoms with Crippen molar-refractivity contribution in [1.82, 2.24) is 5.32 Å². The molecule has 0 heterocycles. The molecule has 0 radical (unpaired) electrons. The third-order valence-corrected chi connectivity index (χ3v) is 4.85. The molecule has 1 N–H and O–H groups in total. The van der Waals surface area contributed by atoms with Gasteiger partial charge in [0.25, 0.3) is 0 Å². The van der Waals surface area contributed by atoms with Crippen LogP contribution in [0.1, 0.15) is 39.2 Å². The molecule has 0 fully saturated rings. The molecular weight excluding hydrogens is 293 g/mol. The average molecular weight is 318 g/mol. The SMILES string of the molecule is CCNC(Cc1ccc(Cl)c(Cl)c1)C(CC)(CC)OC. The van der Waals surface area contributed by atoms with Crippen LogP contribution < -0.4 is 5.32 Å². The summed E-state index contributed by atoms with van der Waals surface area (Å²) in [5.74, 6) is 0. The van der Waals surface area contributed by atoms with E-state index in [1.54, 1.807) is 7.11 Å². The summed E-state index contributed by atoms with van der Waals surface area (Å²) >= 11 is 12.1. The van der Waals surface area contributed by atoms with Gasteiger partial charge in [0.1, 0.15) is 0 Å². The minimum Gasteiger partial charge on any atom is -0.377 e. The fourth-order valence-corrected chi connectivity index (χ4v) is 3.09. The Labute approximate surface area is 132 Å². The van der Waals surface area contributed by atoms with Crippen molar-refractivity contribution in [2.45, 2.75) is 51.7 Å². The molecule has 1 atom stereocenters. The smallest absolute Gasteiger partial charge is 0.0828 e. The first kappa shape index (κ1) is 17.8. The molecule has 0 aliphatic heterocycles. The van der Waals surface area contributed by atoms with E-state index in [4.69, 9.17) is 27.9 Å². The lowest BCUT2D eigenvalue weighted by molar-refractivity contribution is -0.0468. The van der Waals surface area contributed by atoms with Gasteiger partial charge in [0.15, 0.2) is 0 Å². The van der Waals surface area contributed by atoms with E-state index in [1.807, 2.05) is 18.2 Å². The number of ether oxygens (including phenoxy) is 1. The highest BCUT2D eigenvalue weighted by molar-refractivity contribution is 6.42. The summed E-state index contributed by atoms with van der Waals surface area (Å²) in [4.78, 5) is 0. The lowest BCUT2D eigenvalue weighted by Gasteiger charge is -2.39. The molecule has 2 nitrogen and oxygen atoms in total. The van der Waals surface area contributed by atoms with Crippen LogP contribution in [0.25, 0.3) is 0 Å². The molecule has 0 bridgehead atoms. The molecule has 0 saturated heterocycles. The average Bonchev–Trinajstić information content (AvgIpc) is 2.45. The van der Waals surface area contributed by atoms with Gasteiger partial charge >= 0.3 is 0 Å². The third kappa shape index (κ3) is 4.11. The van der Waals surface area contributed by atoms with Gasteiger partial charge in [-0.1, -0.05) is 50.0 Å². The zero-order chi connectivity index (χ0) is 15.2. The zero-order valence-corrected chi connectivity index (χ0v) is 14.3. The molecule has 20 heavy (non-hydrogen) atoms. The van der Waals surface area contributed by atoms with Gasteiger partial charge in [0, 0.05) is 13.2 Å². The largest absolute Gasteiger partial charge is 0.377 e. The molecule has 1 rings (SSSR count). The second-order valence-electron chi connectivity index (χ2n) is 5.04. The number of halogens is 2.